The maximum atomic E-state index is 14.9. The molecule has 0 spiro atoms. The second kappa shape index (κ2) is 10.0. The molecule has 0 atom stereocenters. The summed E-state index contributed by atoms with van der Waals surface area (Å²) in [6.07, 6.45) is 3.06. The number of rotatable bonds is 6. The minimum atomic E-state index is -0.857. The van der Waals surface area contributed by atoms with Gasteiger partial charge in [0.1, 0.15) is 0 Å². The first-order valence-corrected chi connectivity index (χ1v) is 10.7. The summed E-state index contributed by atoms with van der Waals surface area (Å²) in [5, 5.41) is 0. The summed E-state index contributed by atoms with van der Waals surface area (Å²) >= 11 is 0. The topological polar surface area (TPSA) is 26.3 Å². The van der Waals surface area contributed by atoms with Crippen molar-refractivity contribution in [3.05, 3.63) is 95.6 Å². The highest BCUT2D eigenvalue weighted by Gasteiger charge is 2.31. The lowest BCUT2D eigenvalue weighted by Gasteiger charge is -2.28. The number of aryl methyl sites for hydroxylation is 1. The van der Waals surface area contributed by atoms with Crippen LogP contribution in [0.3, 0.4) is 0 Å². The van der Waals surface area contributed by atoms with Crippen molar-refractivity contribution in [3.8, 4) is 11.1 Å². The molecule has 0 unspecified atom stereocenters. The van der Waals surface area contributed by atoms with Crippen molar-refractivity contribution in [2.24, 2.45) is 5.92 Å². The summed E-state index contributed by atoms with van der Waals surface area (Å²) in [4.78, 5) is 12.4. The van der Waals surface area contributed by atoms with Crippen LogP contribution < -0.4 is 0 Å². The predicted molar refractivity (Wildman–Crippen MR) is 120 cm³/mol. The number of hydrogen-bond acceptors (Lipinski definition) is 2. The van der Waals surface area contributed by atoms with Gasteiger partial charge in [0, 0.05) is 5.56 Å². The Balaban J connectivity index is 1.65. The molecule has 1 aliphatic rings. The summed E-state index contributed by atoms with van der Waals surface area (Å²) < 4.78 is 48.6. The van der Waals surface area contributed by atoms with Crippen LogP contribution in [-0.4, -0.2) is 5.97 Å². The molecule has 0 saturated heterocycles. The molecule has 2 aromatic rings. The Labute approximate surface area is 187 Å². The van der Waals surface area contributed by atoms with E-state index in [4.69, 9.17) is 4.74 Å². The number of benzene rings is 2. The average molecular weight is 441 g/mol. The Bertz CT molecular complexity index is 1060. The van der Waals surface area contributed by atoms with Crippen LogP contribution in [0.5, 0.6) is 0 Å². The summed E-state index contributed by atoms with van der Waals surface area (Å²) in [7, 11) is 0. The Kier molecular flexibility index (Phi) is 7.39. The number of halogens is 3. The lowest BCUT2D eigenvalue weighted by Crippen LogP contribution is -2.23. The van der Waals surface area contributed by atoms with Gasteiger partial charge in [-0.25, -0.2) is 13.2 Å². The first-order valence-electron chi connectivity index (χ1n) is 10.7. The maximum absolute atomic E-state index is 14.9. The first kappa shape index (κ1) is 23.6. The molecule has 168 valence electrons. The van der Waals surface area contributed by atoms with Gasteiger partial charge in [-0.1, -0.05) is 60.7 Å². The van der Waals surface area contributed by atoms with Gasteiger partial charge in [0.2, 0.25) is 0 Å². The predicted octanol–water partition coefficient (Wildman–Crippen LogP) is 7.70. The molecule has 2 aromatic carbocycles. The second-order valence-electron chi connectivity index (χ2n) is 8.43. The quantitative estimate of drug-likeness (QED) is 0.261. The van der Waals surface area contributed by atoms with Gasteiger partial charge in [0.15, 0.2) is 23.2 Å². The Morgan fingerprint density at radius 2 is 1.62 bits per heavy atom. The molecular formula is C27H27F3O2. The van der Waals surface area contributed by atoms with E-state index in [1.807, 2.05) is 19.1 Å². The van der Waals surface area contributed by atoms with Gasteiger partial charge in [0.25, 0.3) is 0 Å². The molecule has 2 nitrogen and oxygen atoms in total. The van der Waals surface area contributed by atoms with Crippen LogP contribution in [-0.2, 0) is 9.53 Å². The van der Waals surface area contributed by atoms with Gasteiger partial charge in [-0.2, -0.15) is 0 Å². The Morgan fingerprint density at radius 1 is 1.00 bits per heavy atom. The minimum absolute atomic E-state index is 0.191. The molecule has 0 heterocycles. The van der Waals surface area contributed by atoms with Crippen molar-refractivity contribution in [3.63, 3.8) is 0 Å². The van der Waals surface area contributed by atoms with Gasteiger partial charge < -0.3 is 4.74 Å². The number of carbonyl (C=O) groups is 1. The van der Waals surface area contributed by atoms with E-state index in [1.54, 1.807) is 31.2 Å². The number of ether oxygens (including phenoxy) is 1. The highest BCUT2D eigenvalue weighted by atomic mass is 19.2. The SMILES string of the molecule is C=C(C)/C=C(/F)C(=C)OC(=O)C1CCC(c2ccc(-c3ccc(C)cc3)c(F)c2F)CC1. The van der Waals surface area contributed by atoms with Crippen LogP contribution in [0, 0.1) is 24.5 Å². The third-order valence-electron chi connectivity index (χ3n) is 5.84. The van der Waals surface area contributed by atoms with Gasteiger partial charge in [0.05, 0.1) is 5.92 Å². The maximum Gasteiger partial charge on any atom is 0.314 e. The Morgan fingerprint density at radius 3 is 2.22 bits per heavy atom. The van der Waals surface area contributed by atoms with Crippen LogP contribution in [0.1, 0.15) is 49.7 Å². The Hall–Kier alpha value is -3.08. The van der Waals surface area contributed by atoms with Crippen molar-refractivity contribution in [2.45, 2.75) is 45.4 Å². The molecule has 32 heavy (non-hydrogen) atoms. The zero-order chi connectivity index (χ0) is 23.4. The first-order chi connectivity index (χ1) is 15.2. The fraction of sp³-hybridized carbons (Fsp3) is 0.296. The van der Waals surface area contributed by atoms with Crippen molar-refractivity contribution >= 4 is 5.97 Å². The van der Waals surface area contributed by atoms with E-state index in [0.717, 1.165) is 11.6 Å². The molecule has 0 aliphatic heterocycles. The normalized spacial score (nSPS) is 18.8. The fourth-order valence-electron chi connectivity index (χ4n) is 4.03. The number of allylic oxidation sites excluding steroid dienone is 3. The highest BCUT2D eigenvalue weighted by Crippen LogP contribution is 2.39. The third-order valence-corrected chi connectivity index (χ3v) is 5.84. The number of esters is 1. The molecule has 0 bridgehead atoms. The molecule has 0 aromatic heterocycles. The van der Waals surface area contributed by atoms with E-state index in [2.05, 4.69) is 13.2 Å². The minimum Gasteiger partial charge on any atom is -0.424 e. The zero-order valence-electron chi connectivity index (χ0n) is 18.4. The van der Waals surface area contributed by atoms with Crippen LogP contribution in [0.15, 0.2) is 72.8 Å². The lowest BCUT2D eigenvalue weighted by molar-refractivity contribution is -0.145. The van der Waals surface area contributed by atoms with Gasteiger partial charge in [-0.05, 0) is 62.7 Å². The summed E-state index contributed by atoms with van der Waals surface area (Å²) in [5.74, 6) is -3.96. The van der Waals surface area contributed by atoms with E-state index in [9.17, 15) is 18.0 Å². The van der Waals surface area contributed by atoms with Crippen molar-refractivity contribution < 1.29 is 22.7 Å². The molecule has 3 rings (SSSR count). The summed E-state index contributed by atoms with van der Waals surface area (Å²) in [6.45, 7) is 10.6. The van der Waals surface area contributed by atoms with E-state index >= 15 is 0 Å². The smallest absolute Gasteiger partial charge is 0.314 e. The van der Waals surface area contributed by atoms with Gasteiger partial charge >= 0.3 is 5.97 Å². The molecule has 0 radical (unpaired) electrons. The largest absolute Gasteiger partial charge is 0.424 e. The van der Waals surface area contributed by atoms with E-state index in [-0.39, 0.29) is 17.2 Å². The van der Waals surface area contributed by atoms with Crippen molar-refractivity contribution in [2.75, 3.05) is 0 Å². The molecule has 0 N–H and O–H groups in total. The van der Waals surface area contributed by atoms with E-state index in [0.29, 0.717) is 42.4 Å². The van der Waals surface area contributed by atoms with Crippen LogP contribution in [0.4, 0.5) is 13.2 Å². The van der Waals surface area contributed by atoms with E-state index in [1.165, 1.54) is 0 Å². The van der Waals surface area contributed by atoms with E-state index < -0.39 is 29.3 Å². The fourth-order valence-corrected chi connectivity index (χ4v) is 4.03. The molecule has 1 fully saturated rings. The van der Waals surface area contributed by atoms with Crippen molar-refractivity contribution in [1.82, 2.24) is 0 Å². The monoisotopic (exact) mass is 440 g/mol. The zero-order valence-corrected chi connectivity index (χ0v) is 18.4. The van der Waals surface area contributed by atoms with Crippen LogP contribution in [0.25, 0.3) is 11.1 Å². The molecular weight excluding hydrogens is 413 g/mol. The molecule has 0 amide bonds. The van der Waals surface area contributed by atoms with Crippen LogP contribution >= 0.6 is 0 Å². The summed E-state index contributed by atoms with van der Waals surface area (Å²) in [5.41, 5.74) is 2.69. The number of hydrogen-bond donors (Lipinski definition) is 0. The van der Waals surface area contributed by atoms with Gasteiger partial charge in [-0.3, -0.25) is 4.79 Å². The molecule has 1 saturated carbocycles. The van der Waals surface area contributed by atoms with Gasteiger partial charge in [-0.15, -0.1) is 0 Å². The average Bonchev–Trinajstić information content (AvgIpc) is 2.76. The highest BCUT2D eigenvalue weighted by molar-refractivity contribution is 5.74. The number of carbonyl (C=O) groups excluding carboxylic acids is 1. The van der Waals surface area contributed by atoms with Crippen molar-refractivity contribution in [1.29, 1.82) is 0 Å². The third kappa shape index (κ3) is 5.39. The molecule has 1 aliphatic carbocycles. The second-order valence-corrected chi connectivity index (χ2v) is 8.43. The lowest BCUT2D eigenvalue weighted by atomic mass is 9.78. The standard InChI is InChI=1S/C27H27F3O2/c1-16(2)15-24(28)18(4)32-27(31)21-11-9-20(10-12-21)23-14-13-22(25(29)26(23)30)19-7-5-17(3)6-8-19/h5-8,13-15,20-21H,1,4,9-12H2,2-3H3/b24-15+. The van der Waals surface area contributed by atoms with Crippen LogP contribution in [0.2, 0.25) is 0 Å². The summed E-state index contributed by atoms with van der Waals surface area (Å²) in [6, 6.07) is 10.5. The molecule has 5 heteroatoms.